The van der Waals surface area contributed by atoms with Crippen LogP contribution >= 0.6 is 23.2 Å². The van der Waals surface area contributed by atoms with Gasteiger partial charge in [-0.25, -0.2) is 0 Å². The lowest BCUT2D eigenvalue weighted by atomic mass is 10.1. The van der Waals surface area contributed by atoms with Crippen LogP contribution < -0.4 is 10.1 Å². The Hall–Kier alpha value is -1.22. The van der Waals surface area contributed by atoms with Crippen molar-refractivity contribution in [2.75, 3.05) is 7.05 Å². The molecule has 0 aliphatic carbocycles. The summed E-state index contributed by atoms with van der Waals surface area (Å²) in [5.41, 5.74) is 2.08. The van der Waals surface area contributed by atoms with Crippen LogP contribution in [0.1, 0.15) is 18.1 Å². The summed E-state index contributed by atoms with van der Waals surface area (Å²) in [5, 5.41) is 4.47. The Morgan fingerprint density at radius 1 is 1.05 bits per heavy atom. The van der Waals surface area contributed by atoms with E-state index in [2.05, 4.69) is 12.2 Å². The molecule has 2 aromatic rings. The van der Waals surface area contributed by atoms with Crippen LogP contribution in [0.3, 0.4) is 0 Å². The van der Waals surface area contributed by atoms with Crippen LogP contribution in [0.5, 0.6) is 11.5 Å². The first-order valence-corrected chi connectivity index (χ1v) is 7.29. The summed E-state index contributed by atoms with van der Waals surface area (Å²) in [7, 11) is 1.89. The standard InChI is InChI=1S/C16H17Cl2NO/c1-3-11-9-13(7-8-14(11)17)20-16-12(10-19-2)5-4-6-15(16)18/h4-9,19H,3,10H2,1-2H3. The average molecular weight is 310 g/mol. The molecule has 2 rings (SSSR count). The van der Waals surface area contributed by atoms with Crippen molar-refractivity contribution in [2.24, 2.45) is 0 Å². The molecule has 0 aliphatic heterocycles. The molecule has 2 aromatic carbocycles. The zero-order chi connectivity index (χ0) is 14.5. The first-order chi connectivity index (χ1) is 9.65. The monoisotopic (exact) mass is 309 g/mol. The highest BCUT2D eigenvalue weighted by molar-refractivity contribution is 6.32. The first-order valence-electron chi connectivity index (χ1n) is 6.54. The molecule has 0 spiro atoms. The maximum Gasteiger partial charge on any atom is 0.150 e. The van der Waals surface area contributed by atoms with Gasteiger partial charge in [-0.1, -0.05) is 42.3 Å². The minimum absolute atomic E-state index is 0.603. The minimum Gasteiger partial charge on any atom is -0.455 e. The van der Waals surface area contributed by atoms with Gasteiger partial charge in [-0.15, -0.1) is 0 Å². The third-order valence-corrected chi connectivity index (χ3v) is 3.70. The Labute approximate surface area is 129 Å². The predicted molar refractivity (Wildman–Crippen MR) is 85.1 cm³/mol. The van der Waals surface area contributed by atoms with Gasteiger partial charge in [0.1, 0.15) is 11.5 Å². The van der Waals surface area contributed by atoms with Crippen LogP contribution in [0.15, 0.2) is 36.4 Å². The number of hydrogen-bond acceptors (Lipinski definition) is 2. The van der Waals surface area contributed by atoms with Crippen LogP contribution in [0.4, 0.5) is 0 Å². The van der Waals surface area contributed by atoms with Gasteiger partial charge in [0.15, 0.2) is 0 Å². The topological polar surface area (TPSA) is 21.3 Å². The van der Waals surface area contributed by atoms with Crippen molar-refractivity contribution in [3.63, 3.8) is 0 Å². The fourth-order valence-electron chi connectivity index (χ4n) is 2.00. The van der Waals surface area contributed by atoms with Gasteiger partial charge in [-0.05, 0) is 43.3 Å². The molecule has 0 saturated carbocycles. The Morgan fingerprint density at radius 3 is 2.55 bits per heavy atom. The van der Waals surface area contributed by atoms with Crippen LogP contribution in [0, 0.1) is 0 Å². The highest BCUT2D eigenvalue weighted by Gasteiger charge is 2.10. The van der Waals surface area contributed by atoms with Crippen molar-refractivity contribution in [2.45, 2.75) is 19.9 Å². The molecule has 0 saturated heterocycles. The molecular formula is C16H17Cl2NO. The van der Waals surface area contributed by atoms with Crippen molar-refractivity contribution in [3.8, 4) is 11.5 Å². The second-order valence-electron chi connectivity index (χ2n) is 4.47. The third kappa shape index (κ3) is 3.45. The Balaban J connectivity index is 2.34. The van der Waals surface area contributed by atoms with E-state index in [4.69, 9.17) is 27.9 Å². The van der Waals surface area contributed by atoms with E-state index in [0.717, 1.165) is 28.3 Å². The predicted octanol–water partition coefficient (Wildman–Crippen LogP) is 5.07. The number of halogens is 2. The van der Waals surface area contributed by atoms with Crippen molar-refractivity contribution in [1.29, 1.82) is 0 Å². The highest BCUT2D eigenvalue weighted by Crippen LogP contribution is 2.34. The fourth-order valence-corrected chi connectivity index (χ4v) is 2.48. The smallest absolute Gasteiger partial charge is 0.150 e. The van der Waals surface area contributed by atoms with E-state index in [-0.39, 0.29) is 0 Å². The summed E-state index contributed by atoms with van der Waals surface area (Å²) in [6.45, 7) is 2.76. The molecule has 4 heteroatoms. The van der Waals surface area contributed by atoms with Gasteiger partial charge < -0.3 is 10.1 Å². The summed E-state index contributed by atoms with van der Waals surface area (Å²) in [5.74, 6) is 1.43. The van der Waals surface area contributed by atoms with Gasteiger partial charge in [0, 0.05) is 17.1 Å². The van der Waals surface area contributed by atoms with E-state index in [1.807, 2.05) is 43.4 Å². The van der Waals surface area contributed by atoms with Gasteiger partial charge >= 0.3 is 0 Å². The number of aryl methyl sites for hydroxylation is 1. The minimum atomic E-state index is 0.603. The van der Waals surface area contributed by atoms with Crippen molar-refractivity contribution < 1.29 is 4.74 Å². The summed E-state index contributed by atoms with van der Waals surface area (Å²) >= 11 is 12.4. The Bertz CT molecular complexity index is 599. The molecule has 0 heterocycles. The summed E-state index contributed by atoms with van der Waals surface area (Å²) in [4.78, 5) is 0. The fraction of sp³-hybridized carbons (Fsp3) is 0.250. The van der Waals surface area contributed by atoms with E-state index in [1.165, 1.54) is 0 Å². The summed E-state index contributed by atoms with van der Waals surface area (Å²) in [6.07, 6.45) is 0.863. The molecule has 106 valence electrons. The summed E-state index contributed by atoms with van der Waals surface area (Å²) in [6, 6.07) is 11.4. The molecular weight excluding hydrogens is 293 g/mol. The molecule has 0 atom stereocenters. The molecule has 2 nitrogen and oxygen atoms in total. The first kappa shape index (κ1) is 15.2. The molecule has 0 radical (unpaired) electrons. The molecule has 1 N–H and O–H groups in total. The molecule has 0 aliphatic rings. The van der Waals surface area contributed by atoms with E-state index in [9.17, 15) is 0 Å². The maximum atomic E-state index is 6.24. The molecule has 0 aromatic heterocycles. The lowest BCUT2D eigenvalue weighted by molar-refractivity contribution is 0.474. The molecule has 0 unspecified atom stereocenters. The Kier molecular flexibility index (Phi) is 5.30. The van der Waals surface area contributed by atoms with Crippen molar-refractivity contribution in [1.82, 2.24) is 5.32 Å². The molecule has 0 amide bonds. The van der Waals surface area contributed by atoms with E-state index in [1.54, 1.807) is 0 Å². The second kappa shape index (κ2) is 6.98. The van der Waals surface area contributed by atoms with Crippen molar-refractivity contribution in [3.05, 3.63) is 57.6 Å². The van der Waals surface area contributed by atoms with Crippen LogP contribution in [-0.2, 0) is 13.0 Å². The second-order valence-corrected chi connectivity index (χ2v) is 5.28. The molecule has 0 bridgehead atoms. The summed E-state index contributed by atoms with van der Waals surface area (Å²) < 4.78 is 5.96. The average Bonchev–Trinajstić information content (AvgIpc) is 2.44. The Morgan fingerprint density at radius 2 is 1.85 bits per heavy atom. The van der Waals surface area contributed by atoms with E-state index in [0.29, 0.717) is 17.3 Å². The van der Waals surface area contributed by atoms with Gasteiger partial charge in [-0.2, -0.15) is 0 Å². The van der Waals surface area contributed by atoms with Gasteiger partial charge in [-0.3, -0.25) is 0 Å². The number of benzene rings is 2. The zero-order valence-electron chi connectivity index (χ0n) is 11.5. The van der Waals surface area contributed by atoms with E-state index >= 15 is 0 Å². The lowest BCUT2D eigenvalue weighted by Gasteiger charge is -2.13. The van der Waals surface area contributed by atoms with Crippen molar-refractivity contribution >= 4 is 23.2 Å². The maximum absolute atomic E-state index is 6.24. The number of hydrogen-bond donors (Lipinski definition) is 1. The SMILES string of the molecule is CCc1cc(Oc2c(Cl)cccc2CNC)ccc1Cl. The zero-order valence-corrected chi connectivity index (χ0v) is 13.1. The number of nitrogens with one attached hydrogen (secondary N) is 1. The van der Waals surface area contributed by atoms with E-state index < -0.39 is 0 Å². The number of para-hydroxylation sites is 1. The number of rotatable bonds is 5. The normalized spacial score (nSPS) is 10.6. The lowest BCUT2D eigenvalue weighted by Crippen LogP contribution is -2.06. The van der Waals surface area contributed by atoms with Gasteiger partial charge in [0.05, 0.1) is 5.02 Å². The van der Waals surface area contributed by atoms with Crippen LogP contribution in [0.2, 0.25) is 10.0 Å². The number of ether oxygens (including phenoxy) is 1. The molecule has 20 heavy (non-hydrogen) atoms. The van der Waals surface area contributed by atoms with Gasteiger partial charge in [0.25, 0.3) is 0 Å². The quantitative estimate of drug-likeness (QED) is 0.832. The molecule has 0 fully saturated rings. The van der Waals surface area contributed by atoms with Gasteiger partial charge in [0.2, 0.25) is 0 Å². The van der Waals surface area contributed by atoms with Crippen LogP contribution in [-0.4, -0.2) is 7.05 Å². The third-order valence-electron chi connectivity index (χ3n) is 3.03. The largest absolute Gasteiger partial charge is 0.455 e. The van der Waals surface area contributed by atoms with Crippen LogP contribution in [0.25, 0.3) is 0 Å². The highest BCUT2D eigenvalue weighted by atomic mass is 35.5.